The highest BCUT2D eigenvalue weighted by molar-refractivity contribution is 6.15. The summed E-state index contributed by atoms with van der Waals surface area (Å²) in [4.78, 5) is 2.41. The molecule has 0 radical (unpaired) electrons. The number of nitrogens with zero attached hydrogens (tertiary/aromatic N) is 1. The quantitative estimate of drug-likeness (QED) is 0.178. The molecule has 9 rings (SSSR count). The Morgan fingerprint density at radius 3 is 1.57 bits per heavy atom. The van der Waals surface area contributed by atoms with Crippen molar-refractivity contribution in [2.24, 2.45) is 0 Å². The van der Waals surface area contributed by atoms with E-state index in [1.165, 1.54) is 65.3 Å². The average molecular weight is 598 g/mol. The molecule has 0 aromatic heterocycles. The van der Waals surface area contributed by atoms with E-state index >= 15 is 0 Å². The summed E-state index contributed by atoms with van der Waals surface area (Å²) in [5.74, 6) is 0. The second kappa shape index (κ2) is 11.3. The molecule has 0 unspecified atom stereocenters. The zero-order valence-corrected chi connectivity index (χ0v) is 25.8. The van der Waals surface area contributed by atoms with Gasteiger partial charge in [0.05, 0.1) is 5.69 Å². The van der Waals surface area contributed by atoms with Gasteiger partial charge in [-0.3, -0.25) is 0 Å². The Labute approximate surface area is 274 Å². The standard InChI is InChI=1S/C46H31N/c1-3-13-35-29-37(22-21-32(35)11-1)34-23-26-39(27-24-34)47(40-28-25-33-12-2-4-14-36(33)30-40)46-20-10-9-19-44(46)45-31-38-15-5-6-16-41(38)42-17-7-8-18-43(42)45/h1-31H. The van der Waals surface area contributed by atoms with E-state index in [-0.39, 0.29) is 0 Å². The molecule has 0 aliphatic heterocycles. The number of benzene rings is 9. The van der Waals surface area contributed by atoms with Crippen molar-refractivity contribution in [1.82, 2.24) is 0 Å². The highest BCUT2D eigenvalue weighted by Gasteiger charge is 2.19. The fourth-order valence-corrected chi connectivity index (χ4v) is 7.09. The van der Waals surface area contributed by atoms with Crippen LogP contribution >= 0.6 is 0 Å². The highest BCUT2D eigenvalue weighted by atomic mass is 15.1. The minimum atomic E-state index is 1.11. The van der Waals surface area contributed by atoms with Crippen LogP contribution in [0.15, 0.2) is 188 Å². The first-order valence-corrected chi connectivity index (χ1v) is 16.2. The first-order valence-electron chi connectivity index (χ1n) is 16.2. The highest BCUT2D eigenvalue weighted by Crippen LogP contribution is 2.45. The van der Waals surface area contributed by atoms with E-state index < -0.39 is 0 Å². The van der Waals surface area contributed by atoms with Crippen LogP contribution in [-0.4, -0.2) is 0 Å². The Hall–Kier alpha value is -6.18. The molecule has 1 heteroatoms. The van der Waals surface area contributed by atoms with Crippen LogP contribution in [0.3, 0.4) is 0 Å². The van der Waals surface area contributed by atoms with Crippen LogP contribution in [0.25, 0.3) is 65.3 Å². The average Bonchev–Trinajstić information content (AvgIpc) is 3.15. The third-order valence-corrected chi connectivity index (χ3v) is 9.40. The van der Waals surface area contributed by atoms with E-state index in [1.807, 2.05) is 0 Å². The second-order valence-corrected chi connectivity index (χ2v) is 12.2. The second-order valence-electron chi connectivity index (χ2n) is 12.2. The summed E-state index contributed by atoms with van der Waals surface area (Å²) in [7, 11) is 0. The fraction of sp³-hybridized carbons (Fsp3) is 0. The Balaban J connectivity index is 1.24. The minimum absolute atomic E-state index is 1.11. The van der Waals surface area contributed by atoms with Gasteiger partial charge >= 0.3 is 0 Å². The van der Waals surface area contributed by atoms with Gasteiger partial charge in [-0.05, 0) is 102 Å². The van der Waals surface area contributed by atoms with Crippen molar-refractivity contribution in [3.63, 3.8) is 0 Å². The Morgan fingerprint density at radius 2 is 0.809 bits per heavy atom. The van der Waals surface area contributed by atoms with Gasteiger partial charge in [-0.25, -0.2) is 0 Å². The van der Waals surface area contributed by atoms with Crippen LogP contribution in [0.5, 0.6) is 0 Å². The molecule has 0 spiro atoms. The zero-order chi connectivity index (χ0) is 31.2. The van der Waals surface area contributed by atoms with Crippen LogP contribution in [-0.2, 0) is 0 Å². The molecule has 0 amide bonds. The van der Waals surface area contributed by atoms with Gasteiger partial charge in [-0.2, -0.15) is 0 Å². The van der Waals surface area contributed by atoms with Crippen molar-refractivity contribution in [3.8, 4) is 22.3 Å². The van der Waals surface area contributed by atoms with Crippen molar-refractivity contribution in [3.05, 3.63) is 188 Å². The van der Waals surface area contributed by atoms with Gasteiger partial charge in [0, 0.05) is 16.9 Å². The maximum Gasteiger partial charge on any atom is 0.0540 e. The number of para-hydroxylation sites is 1. The third kappa shape index (κ3) is 4.81. The smallest absolute Gasteiger partial charge is 0.0540 e. The first-order chi connectivity index (χ1) is 23.3. The van der Waals surface area contributed by atoms with Crippen molar-refractivity contribution in [2.45, 2.75) is 0 Å². The first kappa shape index (κ1) is 27.2. The van der Waals surface area contributed by atoms with Gasteiger partial charge in [0.25, 0.3) is 0 Å². The molecule has 47 heavy (non-hydrogen) atoms. The summed E-state index contributed by atoms with van der Waals surface area (Å²) < 4.78 is 0. The lowest BCUT2D eigenvalue weighted by atomic mass is 9.92. The number of hydrogen-bond acceptors (Lipinski definition) is 1. The molecule has 9 aromatic carbocycles. The van der Waals surface area contributed by atoms with E-state index in [9.17, 15) is 0 Å². The van der Waals surface area contributed by atoms with Gasteiger partial charge in [0.1, 0.15) is 0 Å². The molecule has 0 fully saturated rings. The molecule has 0 saturated heterocycles. The van der Waals surface area contributed by atoms with E-state index in [0.717, 1.165) is 17.1 Å². The van der Waals surface area contributed by atoms with Crippen molar-refractivity contribution in [2.75, 3.05) is 4.90 Å². The molecular weight excluding hydrogens is 567 g/mol. The predicted octanol–water partition coefficient (Wildman–Crippen LogP) is 13.1. The van der Waals surface area contributed by atoms with Gasteiger partial charge < -0.3 is 4.90 Å². The molecule has 0 aliphatic carbocycles. The molecular formula is C46H31N. The van der Waals surface area contributed by atoms with E-state index in [1.54, 1.807) is 0 Å². The minimum Gasteiger partial charge on any atom is -0.310 e. The summed E-state index contributed by atoms with van der Waals surface area (Å²) in [5.41, 5.74) is 8.22. The third-order valence-electron chi connectivity index (χ3n) is 9.40. The number of rotatable bonds is 5. The van der Waals surface area contributed by atoms with Crippen molar-refractivity contribution < 1.29 is 0 Å². The number of hydrogen-bond donors (Lipinski definition) is 0. The Bertz CT molecular complexity index is 2580. The predicted molar refractivity (Wildman–Crippen MR) is 202 cm³/mol. The molecule has 0 heterocycles. The maximum absolute atomic E-state index is 2.41. The topological polar surface area (TPSA) is 3.24 Å². The molecule has 0 bridgehead atoms. The molecule has 0 saturated carbocycles. The summed E-state index contributed by atoms with van der Waals surface area (Å²) in [6.45, 7) is 0. The SMILES string of the molecule is c1ccc(N(c2ccc(-c3ccc4ccccc4c3)cc2)c2ccc3ccccc3c2)c(-c2cc3ccccc3c3ccccc23)c1. The monoisotopic (exact) mass is 597 g/mol. The normalized spacial score (nSPS) is 11.4. The summed E-state index contributed by atoms with van der Waals surface area (Å²) in [6.07, 6.45) is 0. The van der Waals surface area contributed by atoms with Crippen LogP contribution in [0.2, 0.25) is 0 Å². The largest absolute Gasteiger partial charge is 0.310 e. The van der Waals surface area contributed by atoms with Crippen LogP contribution in [0, 0.1) is 0 Å². The molecule has 0 N–H and O–H groups in total. The van der Waals surface area contributed by atoms with Gasteiger partial charge in [0.2, 0.25) is 0 Å². The van der Waals surface area contributed by atoms with E-state index in [0.29, 0.717) is 0 Å². The lowest BCUT2D eigenvalue weighted by Gasteiger charge is -2.29. The van der Waals surface area contributed by atoms with Crippen LogP contribution < -0.4 is 4.90 Å². The summed E-state index contributed by atoms with van der Waals surface area (Å²) >= 11 is 0. The lowest BCUT2D eigenvalue weighted by Crippen LogP contribution is -2.11. The van der Waals surface area contributed by atoms with Crippen LogP contribution in [0.4, 0.5) is 17.1 Å². The van der Waals surface area contributed by atoms with E-state index in [2.05, 4.69) is 193 Å². The fourth-order valence-electron chi connectivity index (χ4n) is 7.09. The van der Waals surface area contributed by atoms with Crippen molar-refractivity contribution in [1.29, 1.82) is 0 Å². The van der Waals surface area contributed by atoms with Crippen LogP contribution in [0.1, 0.15) is 0 Å². The summed E-state index contributed by atoms with van der Waals surface area (Å²) in [5, 5.41) is 10.0. The van der Waals surface area contributed by atoms with Gasteiger partial charge in [-0.15, -0.1) is 0 Å². The summed E-state index contributed by atoms with van der Waals surface area (Å²) in [6, 6.07) is 68.4. The zero-order valence-electron chi connectivity index (χ0n) is 25.8. The molecule has 0 aliphatic rings. The number of fused-ring (bicyclic) bond motifs is 5. The Morgan fingerprint density at radius 1 is 0.277 bits per heavy atom. The Kier molecular flexibility index (Phi) is 6.54. The lowest BCUT2D eigenvalue weighted by molar-refractivity contribution is 1.29. The van der Waals surface area contributed by atoms with Gasteiger partial charge in [-0.1, -0.05) is 146 Å². The van der Waals surface area contributed by atoms with Crippen molar-refractivity contribution >= 4 is 60.2 Å². The van der Waals surface area contributed by atoms with E-state index in [4.69, 9.17) is 0 Å². The molecule has 0 atom stereocenters. The molecule has 1 nitrogen and oxygen atoms in total. The molecule has 9 aromatic rings. The van der Waals surface area contributed by atoms with Gasteiger partial charge in [0.15, 0.2) is 0 Å². The maximum atomic E-state index is 2.41. The molecule has 220 valence electrons. The number of anilines is 3.